The zero-order chi connectivity index (χ0) is 20.1. The maximum absolute atomic E-state index is 12.7. The van der Waals surface area contributed by atoms with E-state index in [2.05, 4.69) is 9.97 Å². The van der Waals surface area contributed by atoms with Gasteiger partial charge in [0, 0.05) is 13.6 Å². The molecule has 3 aromatic rings. The lowest BCUT2D eigenvalue weighted by Crippen LogP contribution is -2.39. The van der Waals surface area contributed by atoms with Gasteiger partial charge in [0.2, 0.25) is 0 Å². The van der Waals surface area contributed by atoms with E-state index in [0.717, 1.165) is 12.0 Å². The Morgan fingerprint density at radius 3 is 2.64 bits per heavy atom. The van der Waals surface area contributed by atoms with E-state index in [0.29, 0.717) is 43.0 Å². The number of H-pyrrole nitrogens is 1. The molecule has 1 aromatic carbocycles. The van der Waals surface area contributed by atoms with E-state index < -0.39 is 5.69 Å². The molecular formula is C20H26N4O4. The van der Waals surface area contributed by atoms with Crippen LogP contribution >= 0.6 is 0 Å². The van der Waals surface area contributed by atoms with Crippen molar-refractivity contribution in [3.63, 3.8) is 0 Å². The van der Waals surface area contributed by atoms with Crippen molar-refractivity contribution in [3.8, 4) is 0 Å². The summed E-state index contributed by atoms with van der Waals surface area (Å²) in [5.74, 6) is 0.505. The van der Waals surface area contributed by atoms with Crippen LogP contribution in [0.4, 0.5) is 0 Å². The van der Waals surface area contributed by atoms with E-state index in [9.17, 15) is 14.7 Å². The molecule has 0 radical (unpaired) electrons. The number of imidazole rings is 1. The molecule has 8 nitrogen and oxygen atoms in total. The lowest BCUT2D eigenvalue weighted by Gasteiger charge is -2.08. The molecule has 0 fully saturated rings. The first-order chi connectivity index (χ1) is 13.5. The summed E-state index contributed by atoms with van der Waals surface area (Å²) in [5.41, 5.74) is 0.907. The van der Waals surface area contributed by atoms with Gasteiger partial charge in [-0.05, 0) is 31.7 Å². The number of aromatic amines is 1. The molecular weight excluding hydrogens is 360 g/mol. The second-order valence-electron chi connectivity index (χ2n) is 7.00. The number of ether oxygens (including phenoxy) is 1. The van der Waals surface area contributed by atoms with Gasteiger partial charge in [-0.1, -0.05) is 30.3 Å². The summed E-state index contributed by atoms with van der Waals surface area (Å²) in [6.45, 7) is 2.69. The number of benzene rings is 1. The van der Waals surface area contributed by atoms with Crippen LogP contribution in [0.3, 0.4) is 0 Å². The summed E-state index contributed by atoms with van der Waals surface area (Å²) < 4.78 is 8.26. The Balaban J connectivity index is 1.75. The van der Waals surface area contributed by atoms with Gasteiger partial charge >= 0.3 is 5.69 Å². The number of rotatable bonds is 9. The van der Waals surface area contributed by atoms with E-state index in [4.69, 9.17) is 4.74 Å². The predicted molar refractivity (Wildman–Crippen MR) is 106 cm³/mol. The fourth-order valence-electron chi connectivity index (χ4n) is 3.11. The third-order valence-electron chi connectivity index (χ3n) is 4.63. The summed E-state index contributed by atoms with van der Waals surface area (Å²) in [4.78, 5) is 32.6. The molecule has 0 aliphatic carbocycles. The molecule has 8 heteroatoms. The molecule has 3 rings (SSSR count). The van der Waals surface area contributed by atoms with Crippen molar-refractivity contribution in [3.05, 3.63) is 62.6 Å². The van der Waals surface area contributed by atoms with Crippen LogP contribution in [0, 0.1) is 0 Å². The molecule has 2 N–H and O–H groups in total. The summed E-state index contributed by atoms with van der Waals surface area (Å²) >= 11 is 0. The Hall–Kier alpha value is -2.71. The first-order valence-electron chi connectivity index (χ1n) is 9.45. The van der Waals surface area contributed by atoms with Gasteiger partial charge in [-0.25, -0.2) is 9.78 Å². The molecule has 0 bridgehead atoms. The Labute approximate surface area is 162 Å². The number of fused-ring (bicyclic) bond motifs is 1. The highest BCUT2D eigenvalue weighted by atomic mass is 16.5. The second-order valence-corrected chi connectivity index (χ2v) is 7.00. The Morgan fingerprint density at radius 2 is 1.93 bits per heavy atom. The summed E-state index contributed by atoms with van der Waals surface area (Å²) in [6, 6.07) is 9.77. The first kappa shape index (κ1) is 20.0. The van der Waals surface area contributed by atoms with E-state index in [1.165, 1.54) is 9.13 Å². The SMILES string of the molecule is CC(O)CCCCn1c(=O)c2[nH]c(COCc3ccccc3)nc2n(C)c1=O. The zero-order valence-corrected chi connectivity index (χ0v) is 16.2. The molecule has 2 aromatic heterocycles. The number of hydrogen-bond acceptors (Lipinski definition) is 5. The van der Waals surface area contributed by atoms with Gasteiger partial charge in [0.25, 0.3) is 5.56 Å². The molecule has 0 spiro atoms. The maximum atomic E-state index is 12.7. The van der Waals surface area contributed by atoms with Crippen LogP contribution in [0.5, 0.6) is 0 Å². The van der Waals surface area contributed by atoms with Crippen LogP contribution in [0.1, 0.15) is 37.6 Å². The highest BCUT2D eigenvalue weighted by molar-refractivity contribution is 5.69. The fraction of sp³-hybridized carbons (Fsp3) is 0.450. The molecule has 0 aliphatic heterocycles. The average molecular weight is 386 g/mol. The normalized spacial score (nSPS) is 12.5. The van der Waals surface area contributed by atoms with Crippen LogP contribution < -0.4 is 11.2 Å². The molecule has 0 saturated carbocycles. The number of unbranched alkanes of at least 4 members (excludes halogenated alkanes) is 1. The Kier molecular flexibility index (Phi) is 6.43. The number of nitrogens with zero attached hydrogens (tertiary/aromatic N) is 3. The van der Waals surface area contributed by atoms with Crippen molar-refractivity contribution < 1.29 is 9.84 Å². The van der Waals surface area contributed by atoms with E-state index in [1.807, 2.05) is 30.3 Å². The number of hydrogen-bond donors (Lipinski definition) is 2. The summed E-state index contributed by atoms with van der Waals surface area (Å²) in [7, 11) is 1.60. The zero-order valence-electron chi connectivity index (χ0n) is 16.2. The third-order valence-corrected chi connectivity index (χ3v) is 4.63. The largest absolute Gasteiger partial charge is 0.393 e. The van der Waals surface area contributed by atoms with Crippen LogP contribution in [0.25, 0.3) is 11.2 Å². The number of nitrogens with one attached hydrogen (secondary N) is 1. The fourth-order valence-corrected chi connectivity index (χ4v) is 3.11. The molecule has 1 atom stereocenters. The van der Waals surface area contributed by atoms with Crippen molar-refractivity contribution in [1.29, 1.82) is 0 Å². The van der Waals surface area contributed by atoms with Crippen molar-refractivity contribution in [2.24, 2.45) is 7.05 Å². The van der Waals surface area contributed by atoms with Crippen LogP contribution in [-0.4, -0.2) is 30.3 Å². The van der Waals surface area contributed by atoms with E-state index in [-0.39, 0.29) is 18.3 Å². The topological polar surface area (TPSA) is 102 Å². The molecule has 1 unspecified atom stereocenters. The van der Waals surface area contributed by atoms with Gasteiger partial charge in [0.1, 0.15) is 17.9 Å². The second kappa shape index (κ2) is 8.99. The highest BCUT2D eigenvalue weighted by Crippen LogP contribution is 2.08. The summed E-state index contributed by atoms with van der Waals surface area (Å²) in [6.07, 6.45) is 1.65. The van der Waals surface area contributed by atoms with Crippen molar-refractivity contribution in [1.82, 2.24) is 19.1 Å². The smallest absolute Gasteiger partial charge is 0.332 e. The molecule has 28 heavy (non-hydrogen) atoms. The van der Waals surface area contributed by atoms with Gasteiger partial charge in [-0.3, -0.25) is 13.9 Å². The predicted octanol–water partition coefficient (Wildman–Crippen LogP) is 1.69. The highest BCUT2D eigenvalue weighted by Gasteiger charge is 2.15. The van der Waals surface area contributed by atoms with Gasteiger partial charge in [-0.15, -0.1) is 0 Å². The quantitative estimate of drug-likeness (QED) is 0.545. The van der Waals surface area contributed by atoms with Gasteiger partial charge < -0.3 is 14.8 Å². The van der Waals surface area contributed by atoms with Gasteiger partial charge in [0.05, 0.1) is 12.7 Å². The van der Waals surface area contributed by atoms with Crippen LogP contribution in [0.15, 0.2) is 39.9 Å². The molecule has 0 amide bonds. The number of aryl methyl sites for hydroxylation is 1. The minimum atomic E-state index is -0.391. The number of aromatic nitrogens is 4. The van der Waals surface area contributed by atoms with Gasteiger partial charge in [-0.2, -0.15) is 0 Å². The lowest BCUT2D eigenvalue weighted by molar-refractivity contribution is 0.102. The standard InChI is InChI=1S/C20H26N4O4/c1-14(25)8-6-7-11-24-19(26)17-18(23(2)20(24)27)22-16(21-17)13-28-12-15-9-4-3-5-10-15/h3-5,9-10,14,25H,6-8,11-13H2,1-2H3,(H,21,22). The van der Waals surface area contributed by atoms with Gasteiger partial charge in [0.15, 0.2) is 5.65 Å². The van der Waals surface area contributed by atoms with Crippen LogP contribution in [0.2, 0.25) is 0 Å². The molecule has 150 valence electrons. The Morgan fingerprint density at radius 1 is 1.18 bits per heavy atom. The summed E-state index contributed by atoms with van der Waals surface area (Å²) in [5, 5.41) is 9.33. The molecule has 0 aliphatic rings. The third kappa shape index (κ3) is 4.58. The first-order valence-corrected chi connectivity index (χ1v) is 9.45. The van der Waals surface area contributed by atoms with Crippen LogP contribution in [-0.2, 0) is 31.5 Å². The molecule has 2 heterocycles. The minimum absolute atomic E-state index is 0.214. The lowest BCUT2D eigenvalue weighted by atomic mass is 10.2. The van der Waals surface area contributed by atoms with Crippen molar-refractivity contribution >= 4 is 11.2 Å². The maximum Gasteiger partial charge on any atom is 0.332 e. The molecule has 0 saturated heterocycles. The number of aliphatic hydroxyl groups excluding tert-OH is 1. The van der Waals surface area contributed by atoms with E-state index >= 15 is 0 Å². The Bertz CT molecular complexity index is 1030. The minimum Gasteiger partial charge on any atom is -0.393 e. The number of aliphatic hydroxyl groups is 1. The van der Waals surface area contributed by atoms with Crippen molar-refractivity contribution in [2.75, 3.05) is 0 Å². The average Bonchev–Trinajstić information content (AvgIpc) is 3.11. The van der Waals surface area contributed by atoms with Crippen molar-refractivity contribution in [2.45, 2.75) is 52.0 Å². The van der Waals surface area contributed by atoms with E-state index in [1.54, 1.807) is 14.0 Å². The monoisotopic (exact) mass is 386 g/mol.